The third kappa shape index (κ3) is 5.30. The van der Waals surface area contributed by atoms with Crippen LogP contribution in [0.2, 0.25) is 0 Å². The van der Waals surface area contributed by atoms with Gasteiger partial charge in [-0.2, -0.15) is 4.31 Å². The molecule has 0 aliphatic carbocycles. The molecule has 0 atom stereocenters. The largest absolute Gasteiger partial charge is 0.383 e. The molecule has 2 rings (SSSR count). The molecule has 0 bridgehead atoms. The van der Waals surface area contributed by atoms with Crippen molar-refractivity contribution in [1.29, 1.82) is 0 Å². The highest BCUT2D eigenvalue weighted by Gasteiger charge is 2.25. The van der Waals surface area contributed by atoms with E-state index in [0.29, 0.717) is 25.3 Å². The maximum absolute atomic E-state index is 13.4. The fraction of sp³-hybridized carbons (Fsp3) is 0.400. The smallest absolute Gasteiger partial charge is 0.262 e. The minimum Gasteiger partial charge on any atom is -0.383 e. The second-order valence-electron chi connectivity index (χ2n) is 6.74. The number of aryl methyl sites for hydroxylation is 1. The molecule has 10 heteroatoms. The van der Waals surface area contributed by atoms with E-state index < -0.39 is 25.9 Å². The number of hydrogen-bond donors (Lipinski definition) is 2. The predicted octanol–water partition coefficient (Wildman–Crippen LogP) is 3.79. The molecule has 0 aliphatic heterocycles. The van der Waals surface area contributed by atoms with E-state index in [-0.39, 0.29) is 21.0 Å². The Morgan fingerprint density at radius 1 is 0.933 bits per heavy atom. The van der Waals surface area contributed by atoms with Crippen molar-refractivity contribution in [3.8, 4) is 0 Å². The van der Waals surface area contributed by atoms with Gasteiger partial charge in [0.15, 0.2) is 0 Å². The summed E-state index contributed by atoms with van der Waals surface area (Å²) in [5.41, 5.74) is 0.816. The second kappa shape index (κ2) is 9.76. The lowest BCUT2D eigenvalue weighted by Gasteiger charge is -2.20. The Morgan fingerprint density at radius 3 is 2.17 bits per heavy atom. The normalized spacial score (nSPS) is 12.2. The summed E-state index contributed by atoms with van der Waals surface area (Å²) in [7, 11) is -7.84. The van der Waals surface area contributed by atoms with Gasteiger partial charge in [-0.05, 0) is 55.3 Å². The minimum absolute atomic E-state index is 0.0122. The Morgan fingerprint density at radius 2 is 1.60 bits per heavy atom. The first-order valence-electron chi connectivity index (χ1n) is 9.73. The van der Waals surface area contributed by atoms with Crippen LogP contribution in [0.4, 0.5) is 15.8 Å². The molecular weight excluding hydrogens is 429 g/mol. The summed E-state index contributed by atoms with van der Waals surface area (Å²) in [5, 5.41) is 3.10. The highest BCUT2D eigenvalue weighted by Crippen LogP contribution is 2.30. The molecule has 7 nitrogen and oxygen atoms in total. The van der Waals surface area contributed by atoms with Gasteiger partial charge in [-0.1, -0.05) is 20.8 Å². The molecule has 0 radical (unpaired) electrons. The SMILES string of the molecule is CCCNc1ccc(S(=O)(=O)N(CC)CC)cc1NS(=O)(=O)c1ccc(F)cc1C. The number of hydrogen-bond acceptors (Lipinski definition) is 5. The summed E-state index contributed by atoms with van der Waals surface area (Å²) >= 11 is 0. The Kier molecular flexibility index (Phi) is 7.84. The van der Waals surface area contributed by atoms with Crippen LogP contribution >= 0.6 is 0 Å². The van der Waals surface area contributed by atoms with Crippen molar-refractivity contribution in [2.45, 2.75) is 43.9 Å². The number of anilines is 2. The van der Waals surface area contributed by atoms with E-state index in [2.05, 4.69) is 10.0 Å². The average molecular weight is 458 g/mol. The lowest BCUT2D eigenvalue weighted by molar-refractivity contribution is 0.445. The summed E-state index contributed by atoms with van der Waals surface area (Å²) < 4.78 is 68.8. The van der Waals surface area contributed by atoms with Crippen LogP contribution in [0.15, 0.2) is 46.2 Å². The van der Waals surface area contributed by atoms with E-state index in [1.165, 1.54) is 29.4 Å². The van der Waals surface area contributed by atoms with Gasteiger partial charge in [0.25, 0.3) is 10.0 Å². The molecule has 30 heavy (non-hydrogen) atoms. The molecule has 2 aromatic rings. The molecule has 166 valence electrons. The van der Waals surface area contributed by atoms with E-state index in [1.54, 1.807) is 19.9 Å². The maximum Gasteiger partial charge on any atom is 0.262 e. The fourth-order valence-electron chi connectivity index (χ4n) is 3.01. The number of sulfonamides is 2. The first-order valence-corrected chi connectivity index (χ1v) is 12.7. The van der Waals surface area contributed by atoms with Crippen LogP contribution in [-0.4, -0.2) is 40.8 Å². The van der Waals surface area contributed by atoms with Gasteiger partial charge in [-0.25, -0.2) is 21.2 Å². The van der Waals surface area contributed by atoms with Gasteiger partial charge in [0, 0.05) is 19.6 Å². The number of rotatable bonds is 10. The topological polar surface area (TPSA) is 95.6 Å². The number of nitrogens with one attached hydrogen (secondary N) is 2. The van der Waals surface area contributed by atoms with Crippen LogP contribution in [-0.2, 0) is 20.0 Å². The zero-order valence-electron chi connectivity index (χ0n) is 17.6. The Labute approximate surface area is 178 Å². The lowest BCUT2D eigenvalue weighted by Crippen LogP contribution is -2.30. The highest BCUT2D eigenvalue weighted by molar-refractivity contribution is 7.92. The first-order chi connectivity index (χ1) is 14.1. The predicted molar refractivity (Wildman–Crippen MR) is 117 cm³/mol. The van der Waals surface area contributed by atoms with Crippen molar-refractivity contribution in [1.82, 2.24) is 4.31 Å². The van der Waals surface area contributed by atoms with Crippen molar-refractivity contribution in [3.05, 3.63) is 47.8 Å². The molecule has 0 saturated carbocycles. The van der Waals surface area contributed by atoms with E-state index in [0.717, 1.165) is 18.6 Å². The van der Waals surface area contributed by atoms with E-state index in [1.807, 2.05) is 6.92 Å². The molecule has 0 aromatic heterocycles. The van der Waals surface area contributed by atoms with Crippen molar-refractivity contribution in [2.75, 3.05) is 29.7 Å². The summed E-state index contributed by atoms with van der Waals surface area (Å²) in [6.07, 6.45) is 0.794. The third-order valence-corrected chi connectivity index (χ3v) is 8.14. The number of nitrogens with zero attached hydrogens (tertiary/aromatic N) is 1. The zero-order chi connectivity index (χ0) is 22.5. The van der Waals surface area contributed by atoms with Gasteiger partial charge in [0.1, 0.15) is 5.82 Å². The third-order valence-electron chi connectivity index (χ3n) is 4.57. The Bertz CT molecular complexity index is 1100. The summed E-state index contributed by atoms with van der Waals surface area (Å²) in [4.78, 5) is -0.0934. The second-order valence-corrected chi connectivity index (χ2v) is 10.3. The van der Waals surface area contributed by atoms with Gasteiger partial charge < -0.3 is 5.32 Å². The minimum atomic E-state index is -4.07. The van der Waals surface area contributed by atoms with Crippen molar-refractivity contribution in [2.24, 2.45) is 0 Å². The fourth-order valence-corrected chi connectivity index (χ4v) is 5.79. The maximum atomic E-state index is 13.4. The van der Waals surface area contributed by atoms with Crippen LogP contribution in [0.25, 0.3) is 0 Å². The Balaban J connectivity index is 2.55. The monoisotopic (exact) mass is 457 g/mol. The molecular formula is C20H28FN3O4S2. The standard InChI is InChI=1S/C20H28FN3O4S2/c1-5-12-22-18-10-9-17(30(27,28)24(6-2)7-3)14-19(18)23-29(25,26)20-11-8-16(21)13-15(20)4/h8-11,13-14,22-23H,5-7,12H2,1-4H3. The quantitative estimate of drug-likeness (QED) is 0.566. The zero-order valence-corrected chi connectivity index (χ0v) is 19.2. The van der Waals surface area contributed by atoms with Crippen LogP contribution in [0.1, 0.15) is 32.8 Å². The van der Waals surface area contributed by atoms with Gasteiger partial charge >= 0.3 is 0 Å². The van der Waals surface area contributed by atoms with Crippen molar-refractivity contribution >= 4 is 31.4 Å². The summed E-state index contributed by atoms with van der Waals surface area (Å²) in [5.74, 6) is -0.538. The van der Waals surface area contributed by atoms with Crippen LogP contribution in [0.5, 0.6) is 0 Å². The van der Waals surface area contributed by atoms with E-state index in [9.17, 15) is 21.2 Å². The summed E-state index contributed by atoms with van der Waals surface area (Å²) in [6.45, 7) is 8.09. The van der Waals surface area contributed by atoms with Crippen LogP contribution in [0.3, 0.4) is 0 Å². The number of halogens is 1. The van der Waals surface area contributed by atoms with Gasteiger partial charge in [-0.3, -0.25) is 4.72 Å². The lowest BCUT2D eigenvalue weighted by atomic mass is 10.2. The molecule has 0 heterocycles. The average Bonchev–Trinajstić information content (AvgIpc) is 2.67. The van der Waals surface area contributed by atoms with Crippen molar-refractivity contribution < 1.29 is 21.2 Å². The summed E-state index contributed by atoms with van der Waals surface area (Å²) in [6, 6.07) is 7.68. The van der Waals surface area contributed by atoms with Crippen LogP contribution in [0, 0.1) is 12.7 Å². The molecule has 2 N–H and O–H groups in total. The molecule has 0 fully saturated rings. The van der Waals surface area contributed by atoms with E-state index >= 15 is 0 Å². The highest BCUT2D eigenvalue weighted by atomic mass is 32.2. The van der Waals surface area contributed by atoms with Gasteiger partial charge in [-0.15, -0.1) is 0 Å². The Hall–Kier alpha value is -2.17. The molecule has 0 spiro atoms. The molecule has 0 saturated heterocycles. The molecule has 0 amide bonds. The number of benzene rings is 2. The van der Waals surface area contributed by atoms with Crippen LogP contribution < -0.4 is 10.0 Å². The van der Waals surface area contributed by atoms with E-state index in [4.69, 9.17) is 0 Å². The van der Waals surface area contributed by atoms with Crippen molar-refractivity contribution in [3.63, 3.8) is 0 Å². The van der Waals surface area contributed by atoms with Gasteiger partial charge in [0.05, 0.1) is 21.2 Å². The van der Waals surface area contributed by atoms with Gasteiger partial charge in [0.2, 0.25) is 10.0 Å². The molecule has 0 aliphatic rings. The molecule has 0 unspecified atom stereocenters. The first kappa shape index (κ1) is 24.1. The molecule has 2 aromatic carbocycles.